The number of esters is 1. The van der Waals surface area contributed by atoms with Gasteiger partial charge in [-0.2, -0.15) is 0 Å². The summed E-state index contributed by atoms with van der Waals surface area (Å²) in [5.74, 6) is 0.141. The number of carbonyl (C=O) groups excluding carboxylic acids is 1. The fourth-order valence-electron chi connectivity index (χ4n) is 1.94. The maximum absolute atomic E-state index is 11.2. The van der Waals surface area contributed by atoms with Crippen molar-refractivity contribution in [1.82, 2.24) is 9.97 Å². The highest BCUT2D eigenvalue weighted by Gasteiger charge is 2.09. The lowest BCUT2D eigenvalue weighted by Crippen LogP contribution is -2.08. The summed E-state index contributed by atoms with van der Waals surface area (Å²) < 4.78 is 4.62. The number of hydrogen-bond acceptors (Lipinski definition) is 4. The topological polar surface area (TPSA) is 52.1 Å². The van der Waals surface area contributed by atoms with Crippen LogP contribution in [0.5, 0.6) is 0 Å². The number of carbonyl (C=O) groups is 1. The monoisotopic (exact) mass is 256 g/mol. The fraction of sp³-hybridized carbons (Fsp3) is 0.267. The van der Waals surface area contributed by atoms with Crippen molar-refractivity contribution < 1.29 is 9.53 Å². The minimum atomic E-state index is -0.335. The van der Waals surface area contributed by atoms with Gasteiger partial charge in [0.1, 0.15) is 12.2 Å². The molecule has 0 unspecified atom stereocenters. The zero-order chi connectivity index (χ0) is 13.8. The fourth-order valence-corrected chi connectivity index (χ4v) is 1.94. The molecule has 2 aromatic rings. The minimum absolute atomic E-state index is 0.0925. The first-order chi connectivity index (χ1) is 9.10. The Labute approximate surface area is 112 Å². The van der Waals surface area contributed by atoms with E-state index in [1.807, 2.05) is 25.1 Å². The Hall–Kier alpha value is -2.23. The average Bonchev–Trinajstić information content (AvgIpc) is 2.39. The van der Waals surface area contributed by atoms with Crippen LogP contribution < -0.4 is 0 Å². The molecule has 1 aromatic heterocycles. The second-order valence-electron chi connectivity index (χ2n) is 4.43. The Morgan fingerprint density at radius 1 is 1.26 bits per heavy atom. The normalized spacial score (nSPS) is 10.3. The number of hydrogen-bond donors (Lipinski definition) is 0. The van der Waals surface area contributed by atoms with Gasteiger partial charge in [0.2, 0.25) is 0 Å². The molecule has 19 heavy (non-hydrogen) atoms. The first-order valence-electron chi connectivity index (χ1n) is 6.06. The van der Waals surface area contributed by atoms with Gasteiger partial charge in [0.15, 0.2) is 0 Å². The van der Waals surface area contributed by atoms with Crippen LogP contribution in [0.3, 0.4) is 0 Å². The molecule has 1 heterocycles. The number of rotatable bonds is 3. The van der Waals surface area contributed by atoms with Gasteiger partial charge in [0.25, 0.3) is 0 Å². The van der Waals surface area contributed by atoms with Crippen LogP contribution in [-0.4, -0.2) is 23.0 Å². The first-order valence-corrected chi connectivity index (χ1v) is 6.06. The number of ether oxygens (including phenoxy) is 1. The van der Waals surface area contributed by atoms with Crippen molar-refractivity contribution in [3.05, 3.63) is 47.4 Å². The zero-order valence-corrected chi connectivity index (χ0v) is 11.3. The maximum Gasteiger partial charge on any atom is 0.313 e. The van der Waals surface area contributed by atoms with Crippen molar-refractivity contribution in [1.29, 1.82) is 0 Å². The van der Waals surface area contributed by atoms with Crippen molar-refractivity contribution in [2.24, 2.45) is 0 Å². The molecule has 0 spiro atoms. The molecule has 0 aliphatic rings. The van der Waals surface area contributed by atoms with Crippen molar-refractivity contribution in [3.8, 4) is 11.3 Å². The summed E-state index contributed by atoms with van der Waals surface area (Å²) in [5.41, 5.74) is 4.25. The van der Waals surface area contributed by atoms with E-state index in [1.165, 1.54) is 12.7 Å². The number of aryl methyl sites for hydroxylation is 2. The minimum Gasteiger partial charge on any atom is -0.469 e. The molecule has 4 nitrogen and oxygen atoms in total. The highest BCUT2D eigenvalue weighted by molar-refractivity contribution is 5.71. The van der Waals surface area contributed by atoms with Crippen LogP contribution in [0.15, 0.2) is 30.5 Å². The molecule has 98 valence electrons. The summed E-state index contributed by atoms with van der Waals surface area (Å²) in [6, 6.07) is 8.04. The molecular weight excluding hydrogens is 240 g/mol. The summed E-state index contributed by atoms with van der Waals surface area (Å²) in [6.45, 7) is 4.10. The van der Waals surface area contributed by atoms with Crippen LogP contribution in [0.25, 0.3) is 11.3 Å². The molecule has 0 saturated carbocycles. The SMILES string of the molecule is COC(=O)Cc1nccc(-c2ccc(C)cc2C)n1. The molecule has 1 aromatic carbocycles. The molecule has 0 atom stereocenters. The van der Waals surface area contributed by atoms with Gasteiger partial charge in [-0.1, -0.05) is 23.8 Å². The van der Waals surface area contributed by atoms with E-state index in [0.29, 0.717) is 5.82 Å². The van der Waals surface area contributed by atoms with E-state index in [0.717, 1.165) is 16.8 Å². The molecule has 0 aliphatic carbocycles. The molecule has 0 saturated heterocycles. The molecule has 0 aliphatic heterocycles. The van der Waals surface area contributed by atoms with Gasteiger partial charge in [-0.25, -0.2) is 9.97 Å². The molecule has 0 bridgehead atoms. The van der Waals surface area contributed by atoms with Gasteiger partial charge in [-0.3, -0.25) is 4.79 Å². The number of nitrogens with zero attached hydrogens (tertiary/aromatic N) is 2. The summed E-state index contributed by atoms with van der Waals surface area (Å²) in [7, 11) is 1.36. The van der Waals surface area contributed by atoms with Gasteiger partial charge in [-0.05, 0) is 25.5 Å². The Morgan fingerprint density at radius 2 is 2.05 bits per heavy atom. The van der Waals surface area contributed by atoms with Crippen LogP contribution in [0.1, 0.15) is 17.0 Å². The highest BCUT2D eigenvalue weighted by atomic mass is 16.5. The first kappa shape index (κ1) is 13.2. The Balaban J connectivity index is 2.35. The Bertz CT molecular complexity index is 609. The van der Waals surface area contributed by atoms with E-state index in [4.69, 9.17) is 0 Å². The third-order valence-corrected chi connectivity index (χ3v) is 2.89. The van der Waals surface area contributed by atoms with E-state index < -0.39 is 0 Å². The van der Waals surface area contributed by atoms with Crippen molar-refractivity contribution >= 4 is 5.97 Å². The van der Waals surface area contributed by atoms with E-state index in [9.17, 15) is 4.79 Å². The summed E-state index contributed by atoms with van der Waals surface area (Å²) in [6.07, 6.45) is 1.76. The second kappa shape index (κ2) is 5.61. The van der Waals surface area contributed by atoms with E-state index in [2.05, 4.69) is 27.7 Å². The lowest BCUT2D eigenvalue weighted by Gasteiger charge is -2.07. The van der Waals surface area contributed by atoms with Gasteiger partial charge >= 0.3 is 5.97 Å². The van der Waals surface area contributed by atoms with Crippen LogP contribution in [0.2, 0.25) is 0 Å². The maximum atomic E-state index is 11.2. The third kappa shape index (κ3) is 3.16. The highest BCUT2D eigenvalue weighted by Crippen LogP contribution is 2.22. The van der Waals surface area contributed by atoms with Crippen LogP contribution in [-0.2, 0) is 16.0 Å². The number of aromatic nitrogens is 2. The predicted octanol–water partition coefficient (Wildman–Crippen LogP) is 2.48. The standard InChI is InChI=1S/C15H16N2O2/c1-10-4-5-12(11(2)8-10)13-6-7-16-14(17-13)9-15(18)19-3/h4-8H,9H2,1-3H3. The molecule has 2 rings (SSSR count). The quantitative estimate of drug-likeness (QED) is 0.792. The van der Waals surface area contributed by atoms with Crippen LogP contribution >= 0.6 is 0 Å². The van der Waals surface area contributed by atoms with Gasteiger partial charge in [-0.15, -0.1) is 0 Å². The second-order valence-corrected chi connectivity index (χ2v) is 4.43. The lowest BCUT2D eigenvalue weighted by atomic mass is 10.0. The number of benzene rings is 1. The lowest BCUT2D eigenvalue weighted by molar-refractivity contribution is -0.139. The zero-order valence-electron chi connectivity index (χ0n) is 11.3. The van der Waals surface area contributed by atoms with E-state index in [-0.39, 0.29) is 12.4 Å². The van der Waals surface area contributed by atoms with E-state index in [1.54, 1.807) is 6.20 Å². The molecule has 4 heteroatoms. The predicted molar refractivity (Wildman–Crippen MR) is 72.7 cm³/mol. The molecule has 0 N–H and O–H groups in total. The Kier molecular flexibility index (Phi) is 3.90. The number of methoxy groups -OCH3 is 1. The smallest absolute Gasteiger partial charge is 0.313 e. The van der Waals surface area contributed by atoms with E-state index >= 15 is 0 Å². The van der Waals surface area contributed by atoms with Crippen LogP contribution in [0.4, 0.5) is 0 Å². The van der Waals surface area contributed by atoms with Crippen LogP contribution in [0, 0.1) is 13.8 Å². The molecule has 0 fully saturated rings. The summed E-state index contributed by atoms with van der Waals surface area (Å²) >= 11 is 0. The third-order valence-electron chi connectivity index (χ3n) is 2.89. The largest absolute Gasteiger partial charge is 0.469 e. The van der Waals surface area contributed by atoms with Crippen molar-refractivity contribution in [2.45, 2.75) is 20.3 Å². The van der Waals surface area contributed by atoms with Gasteiger partial charge in [0.05, 0.1) is 12.8 Å². The Morgan fingerprint density at radius 3 is 2.74 bits per heavy atom. The van der Waals surface area contributed by atoms with Gasteiger partial charge < -0.3 is 4.74 Å². The molecule has 0 radical (unpaired) electrons. The van der Waals surface area contributed by atoms with Gasteiger partial charge in [0, 0.05) is 11.8 Å². The molecule has 0 amide bonds. The average molecular weight is 256 g/mol. The van der Waals surface area contributed by atoms with Crippen molar-refractivity contribution in [2.75, 3.05) is 7.11 Å². The molecular formula is C15H16N2O2. The summed E-state index contributed by atoms with van der Waals surface area (Å²) in [5, 5.41) is 0. The van der Waals surface area contributed by atoms with Crippen molar-refractivity contribution in [3.63, 3.8) is 0 Å². The summed E-state index contributed by atoms with van der Waals surface area (Å²) in [4.78, 5) is 19.7.